The van der Waals surface area contributed by atoms with Crippen molar-refractivity contribution in [2.75, 3.05) is 7.11 Å². The summed E-state index contributed by atoms with van der Waals surface area (Å²) in [6.07, 6.45) is 2.10. The van der Waals surface area contributed by atoms with Crippen LogP contribution in [0.15, 0.2) is 12.1 Å². The zero-order valence-electron chi connectivity index (χ0n) is 7.51. The average Bonchev–Trinajstić information content (AvgIpc) is 2.47. The number of nitrogens with two attached hydrogens (primary N) is 1. The zero-order valence-corrected chi connectivity index (χ0v) is 9.67. The Hall–Kier alpha value is -0.290. The van der Waals surface area contributed by atoms with Crippen LogP contribution in [0.4, 0.5) is 0 Å². The van der Waals surface area contributed by atoms with Crippen LogP contribution < -0.4 is 10.5 Å². The van der Waals surface area contributed by atoms with Gasteiger partial charge in [0.25, 0.3) is 0 Å². The van der Waals surface area contributed by atoms with Crippen molar-refractivity contribution >= 4 is 22.6 Å². The normalized spacial score (nSPS) is 20.1. The molecule has 0 fully saturated rings. The number of fused-ring (bicyclic) bond motifs is 1. The van der Waals surface area contributed by atoms with Crippen molar-refractivity contribution in [2.24, 2.45) is 5.73 Å². The molecule has 0 saturated carbocycles. The van der Waals surface area contributed by atoms with E-state index >= 15 is 0 Å². The lowest BCUT2D eigenvalue weighted by Crippen LogP contribution is -2.05. The molecule has 0 unspecified atom stereocenters. The topological polar surface area (TPSA) is 35.2 Å². The molecule has 0 bridgehead atoms. The van der Waals surface area contributed by atoms with Crippen LogP contribution in [0, 0.1) is 3.57 Å². The van der Waals surface area contributed by atoms with E-state index in [1.807, 2.05) is 0 Å². The van der Waals surface area contributed by atoms with Crippen molar-refractivity contribution in [1.29, 1.82) is 0 Å². The van der Waals surface area contributed by atoms with Crippen LogP contribution in [0.25, 0.3) is 0 Å². The van der Waals surface area contributed by atoms with Gasteiger partial charge in [0.05, 0.1) is 7.11 Å². The van der Waals surface area contributed by atoms with Gasteiger partial charge in [-0.3, -0.25) is 0 Å². The van der Waals surface area contributed by atoms with Crippen LogP contribution >= 0.6 is 22.6 Å². The molecule has 13 heavy (non-hydrogen) atoms. The summed E-state index contributed by atoms with van der Waals surface area (Å²) < 4.78 is 6.53. The molecule has 0 aromatic heterocycles. The molecular weight excluding hydrogens is 277 g/mol. The van der Waals surface area contributed by atoms with E-state index in [9.17, 15) is 0 Å². The highest BCUT2D eigenvalue weighted by Gasteiger charge is 2.22. The minimum Gasteiger partial charge on any atom is -0.496 e. The Labute approximate surface area is 91.6 Å². The van der Waals surface area contributed by atoms with Crippen LogP contribution in [0.3, 0.4) is 0 Å². The molecule has 0 amide bonds. The minimum atomic E-state index is 0.207. The van der Waals surface area contributed by atoms with E-state index in [1.54, 1.807) is 7.11 Å². The first-order chi connectivity index (χ1) is 6.22. The number of hydrogen-bond donors (Lipinski definition) is 1. The highest BCUT2D eigenvalue weighted by molar-refractivity contribution is 14.1. The van der Waals surface area contributed by atoms with Gasteiger partial charge in [-0.15, -0.1) is 0 Å². The third kappa shape index (κ3) is 1.55. The molecule has 70 valence electrons. The predicted molar refractivity (Wildman–Crippen MR) is 61.0 cm³/mol. The molecule has 0 saturated heterocycles. The second-order valence-electron chi connectivity index (χ2n) is 3.32. The lowest BCUT2D eigenvalue weighted by Gasteiger charge is -2.09. The van der Waals surface area contributed by atoms with E-state index in [2.05, 4.69) is 34.7 Å². The summed E-state index contributed by atoms with van der Waals surface area (Å²) in [7, 11) is 1.72. The molecule has 1 atom stereocenters. The van der Waals surface area contributed by atoms with Gasteiger partial charge in [0.15, 0.2) is 0 Å². The number of halogens is 1. The Kier molecular flexibility index (Phi) is 2.47. The molecule has 2 N–H and O–H groups in total. The third-order valence-electron chi connectivity index (χ3n) is 2.53. The summed E-state index contributed by atoms with van der Waals surface area (Å²) in [5, 5.41) is 0. The van der Waals surface area contributed by atoms with E-state index in [0.29, 0.717) is 0 Å². The van der Waals surface area contributed by atoms with Gasteiger partial charge in [0.2, 0.25) is 0 Å². The first-order valence-corrected chi connectivity index (χ1v) is 5.42. The van der Waals surface area contributed by atoms with Gasteiger partial charge < -0.3 is 10.5 Å². The van der Waals surface area contributed by atoms with Gasteiger partial charge in [-0.2, -0.15) is 0 Å². The van der Waals surface area contributed by atoms with Crippen molar-refractivity contribution < 1.29 is 4.74 Å². The van der Waals surface area contributed by atoms with Crippen LogP contribution in [0.2, 0.25) is 0 Å². The Morgan fingerprint density at radius 2 is 2.31 bits per heavy atom. The maximum absolute atomic E-state index is 5.98. The number of rotatable bonds is 1. The van der Waals surface area contributed by atoms with Crippen LogP contribution in [-0.2, 0) is 6.42 Å². The summed E-state index contributed by atoms with van der Waals surface area (Å²) in [4.78, 5) is 0. The summed E-state index contributed by atoms with van der Waals surface area (Å²) in [5.41, 5.74) is 8.55. The summed E-state index contributed by atoms with van der Waals surface area (Å²) in [6, 6.07) is 4.44. The van der Waals surface area contributed by atoms with Crippen LogP contribution in [0.1, 0.15) is 23.6 Å². The molecule has 3 heteroatoms. The molecule has 2 rings (SSSR count). The smallest absolute Gasteiger partial charge is 0.123 e. The molecule has 0 heterocycles. The van der Waals surface area contributed by atoms with Crippen molar-refractivity contribution in [3.05, 3.63) is 26.8 Å². The second kappa shape index (κ2) is 3.46. The molecule has 0 aliphatic heterocycles. The number of hydrogen-bond acceptors (Lipinski definition) is 2. The molecule has 1 aromatic carbocycles. The van der Waals surface area contributed by atoms with Gasteiger partial charge in [0.1, 0.15) is 5.75 Å². The van der Waals surface area contributed by atoms with E-state index in [1.165, 1.54) is 14.7 Å². The van der Waals surface area contributed by atoms with Crippen molar-refractivity contribution in [3.63, 3.8) is 0 Å². The number of methoxy groups -OCH3 is 1. The van der Waals surface area contributed by atoms with Crippen molar-refractivity contribution in [2.45, 2.75) is 18.9 Å². The van der Waals surface area contributed by atoms with E-state index < -0.39 is 0 Å². The second-order valence-corrected chi connectivity index (χ2v) is 4.57. The maximum atomic E-state index is 5.98. The molecule has 0 radical (unpaired) electrons. The van der Waals surface area contributed by atoms with Crippen LogP contribution in [-0.4, -0.2) is 7.11 Å². The van der Waals surface area contributed by atoms with Crippen molar-refractivity contribution in [1.82, 2.24) is 0 Å². The summed E-state index contributed by atoms with van der Waals surface area (Å²) in [5.74, 6) is 0.995. The molecule has 1 aromatic rings. The minimum absolute atomic E-state index is 0.207. The fraction of sp³-hybridized carbons (Fsp3) is 0.400. The number of ether oxygens (including phenoxy) is 1. The monoisotopic (exact) mass is 289 g/mol. The zero-order chi connectivity index (χ0) is 9.42. The third-order valence-corrected chi connectivity index (χ3v) is 3.16. The number of benzene rings is 1. The average molecular weight is 289 g/mol. The van der Waals surface area contributed by atoms with E-state index in [-0.39, 0.29) is 6.04 Å². The molecule has 1 aliphatic rings. The molecular formula is C10H12INO. The first kappa shape index (κ1) is 9.27. The fourth-order valence-electron chi connectivity index (χ4n) is 1.87. The van der Waals surface area contributed by atoms with Gasteiger partial charge >= 0.3 is 0 Å². The standard InChI is InChI=1S/C10H12INO/c1-13-10-5-6(11)4-8-7(10)2-3-9(8)12/h4-5,9H,2-3,12H2,1H3/t9-/m0/s1. The van der Waals surface area contributed by atoms with E-state index in [0.717, 1.165) is 18.6 Å². The van der Waals surface area contributed by atoms with Gasteiger partial charge in [-0.05, 0) is 58.7 Å². The van der Waals surface area contributed by atoms with Crippen molar-refractivity contribution in [3.8, 4) is 5.75 Å². The largest absolute Gasteiger partial charge is 0.496 e. The summed E-state index contributed by atoms with van der Waals surface area (Å²) in [6.45, 7) is 0. The fourth-order valence-corrected chi connectivity index (χ4v) is 2.49. The molecule has 2 nitrogen and oxygen atoms in total. The summed E-state index contributed by atoms with van der Waals surface area (Å²) >= 11 is 2.30. The lowest BCUT2D eigenvalue weighted by atomic mass is 10.1. The Balaban J connectivity index is 2.56. The SMILES string of the molecule is COc1cc(I)cc2c1CC[C@@H]2N. The lowest BCUT2D eigenvalue weighted by molar-refractivity contribution is 0.410. The molecule has 0 spiro atoms. The highest BCUT2D eigenvalue weighted by Crippen LogP contribution is 2.36. The highest BCUT2D eigenvalue weighted by atomic mass is 127. The molecule has 1 aliphatic carbocycles. The Bertz CT molecular complexity index is 338. The van der Waals surface area contributed by atoms with Gasteiger partial charge in [0, 0.05) is 9.61 Å². The Morgan fingerprint density at radius 3 is 3.00 bits per heavy atom. The van der Waals surface area contributed by atoms with Crippen LogP contribution in [0.5, 0.6) is 5.75 Å². The van der Waals surface area contributed by atoms with Gasteiger partial charge in [-0.25, -0.2) is 0 Å². The quantitative estimate of drug-likeness (QED) is 0.805. The van der Waals surface area contributed by atoms with E-state index in [4.69, 9.17) is 10.5 Å². The predicted octanol–water partition coefficient (Wildman–Crippen LogP) is 2.25. The Morgan fingerprint density at radius 1 is 1.54 bits per heavy atom. The first-order valence-electron chi connectivity index (χ1n) is 4.34. The maximum Gasteiger partial charge on any atom is 0.123 e. The van der Waals surface area contributed by atoms with Gasteiger partial charge in [-0.1, -0.05) is 0 Å².